The van der Waals surface area contributed by atoms with Gasteiger partial charge in [0.25, 0.3) is 0 Å². The maximum absolute atomic E-state index is 12.8. The Morgan fingerprint density at radius 1 is 1.42 bits per heavy atom. The van der Waals surface area contributed by atoms with Gasteiger partial charge in [-0.25, -0.2) is 4.99 Å². The number of nitrogens with zero attached hydrogens (tertiary/aromatic N) is 1. The van der Waals surface area contributed by atoms with Crippen LogP contribution in [-0.2, 0) is 4.74 Å². The summed E-state index contributed by atoms with van der Waals surface area (Å²) < 4.78 is 48.7. The first-order valence-corrected chi connectivity index (χ1v) is 7.00. The molecule has 0 amide bonds. The highest BCUT2D eigenvalue weighted by atomic mass is 127. The highest BCUT2D eigenvalue weighted by Gasteiger charge is 2.50. The molecule has 0 fully saturated rings. The van der Waals surface area contributed by atoms with E-state index in [1.807, 2.05) is 22.6 Å². The minimum atomic E-state index is -4.42. The summed E-state index contributed by atoms with van der Waals surface area (Å²) in [4.78, 5) is 4.01. The molecule has 0 radical (unpaired) electrons. The molecule has 0 spiro atoms. The molecule has 19 heavy (non-hydrogen) atoms. The van der Waals surface area contributed by atoms with Gasteiger partial charge in [0.1, 0.15) is 11.8 Å². The molecule has 2 rings (SSSR count). The van der Waals surface area contributed by atoms with Crippen LogP contribution in [0.15, 0.2) is 29.3 Å². The Bertz CT molecular complexity index is 490. The fourth-order valence-corrected chi connectivity index (χ4v) is 2.41. The predicted molar refractivity (Wildman–Crippen MR) is 73.1 cm³/mol. The molecule has 7 heteroatoms. The van der Waals surface area contributed by atoms with Crippen molar-refractivity contribution in [1.29, 1.82) is 0 Å². The normalized spacial score (nSPS) is 22.9. The van der Waals surface area contributed by atoms with Gasteiger partial charge in [0, 0.05) is 9.99 Å². The van der Waals surface area contributed by atoms with E-state index in [1.165, 1.54) is 7.11 Å². The molecule has 0 bridgehead atoms. The first-order chi connectivity index (χ1) is 8.95. The van der Waals surface area contributed by atoms with Crippen LogP contribution in [0.25, 0.3) is 0 Å². The Labute approximate surface area is 121 Å². The van der Waals surface area contributed by atoms with Crippen LogP contribution in [0.1, 0.15) is 5.56 Å². The van der Waals surface area contributed by atoms with Crippen LogP contribution >= 0.6 is 22.6 Å². The fraction of sp³-hybridized carbons (Fsp3) is 0.417. The molecule has 2 unspecified atom stereocenters. The van der Waals surface area contributed by atoms with E-state index in [4.69, 9.17) is 9.47 Å². The van der Waals surface area contributed by atoms with Crippen molar-refractivity contribution in [1.82, 2.24) is 0 Å². The minimum Gasteiger partial charge on any atom is -0.497 e. The molecular weight excluding hydrogens is 374 g/mol. The smallest absolute Gasteiger partial charge is 0.427 e. The van der Waals surface area contributed by atoms with Gasteiger partial charge in [-0.1, -0.05) is 28.7 Å². The van der Waals surface area contributed by atoms with Crippen molar-refractivity contribution in [3.05, 3.63) is 29.8 Å². The number of alkyl halides is 4. The van der Waals surface area contributed by atoms with Crippen molar-refractivity contribution in [2.45, 2.75) is 18.3 Å². The van der Waals surface area contributed by atoms with Gasteiger partial charge >= 0.3 is 6.18 Å². The quantitative estimate of drug-likeness (QED) is 0.591. The zero-order valence-corrected chi connectivity index (χ0v) is 12.1. The van der Waals surface area contributed by atoms with E-state index in [0.717, 1.165) is 0 Å². The summed E-state index contributed by atoms with van der Waals surface area (Å²) >= 11 is 1.88. The maximum Gasteiger partial charge on any atom is 0.427 e. The Kier molecular flexibility index (Phi) is 4.22. The van der Waals surface area contributed by atoms with Gasteiger partial charge < -0.3 is 9.47 Å². The van der Waals surface area contributed by atoms with Gasteiger partial charge in [-0.2, -0.15) is 13.2 Å². The third kappa shape index (κ3) is 3.13. The number of methoxy groups -OCH3 is 1. The SMILES string of the molecule is COc1cccc(C2=NC(CI)C(C(F)(F)F)O2)c1. The molecule has 0 aliphatic carbocycles. The van der Waals surface area contributed by atoms with Gasteiger partial charge in [0.05, 0.1) is 7.11 Å². The second kappa shape index (κ2) is 5.56. The second-order valence-corrected chi connectivity index (χ2v) is 4.85. The largest absolute Gasteiger partial charge is 0.497 e. The number of aliphatic imine (C=N–C) groups is 1. The number of rotatable bonds is 3. The lowest BCUT2D eigenvalue weighted by Crippen LogP contribution is -2.38. The van der Waals surface area contributed by atoms with Crippen molar-refractivity contribution < 1.29 is 22.6 Å². The monoisotopic (exact) mass is 385 g/mol. The van der Waals surface area contributed by atoms with E-state index in [2.05, 4.69) is 4.99 Å². The summed E-state index contributed by atoms with van der Waals surface area (Å²) in [6, 6.07) is 5.73. The maximum atomic E-state index is 12.8. The molecule has 1 aromatic carbocycles. The van der Waals surface area contributed by atoms with E-state index in [-0.39, 0.29) is 10.3 Å². The van der Waals surface area contributed by atoms with Crippen LogP contribution in [0.4, 0.5) is 13.2 Å². The third-order valence-corrected chi connectivity index (χ3v) is 3.57. The molecule has 0 saturated heterocycles. The van der Waals surface area contributed by atoms with Crippen LogP contribution in [-0.4, -0.2) is 35.8 Å². The Balaban J connectivity index is 2.26. The van der Waals surface area contributed by atoms with Gasteiger partial charge in [-0.3, -0.25) is 0 Å². The molecule has 1 aliphatic heterocycles. The van der Waals surface area contributed by atoms with Crippen LogP contribution in [0.2, 0.25) is 0 Å². The first-order valence-electron chi connectivity index (χ1n) is 5.47. The van der Waals surface area contributed by atoms with E-state index >= 15 is 0 Å². The summed E-state index contributed by atoms with van der Waals surface area (Å²) in [6.45, 7) is 0. The summed E-state index contributed by atoms with van der Waals surface area (Å²) in [6.07, 6.45) is -6.29. The van der Waals surface area contributed by atoms with Crippen LogP contribution in [0.5, 0.6) is 5.75 Å². The summed E-state index contributed by atoms with van der Waals surface area (Å²) in [7, 11) is 1.49. The number of hydrogen-bond acceptors (Lipinski definition) is 3. The average Bonchev–Trinajstić information content (AvgIpc) is 2.83. The molecule has 0 N–H and O–H groups in total. The topological polar surface area (TPSA) is 30.8 Å². The Hall–Kier alpha value is -0.990. The molecule has 1 heterocycles. The predicted octanol–water partition coefficient (Wildman–Crippen LogP) is 3.21. The summed E-state index contributed by atoms with van der Waals surface area (Å²) in [5, 5.41) is 0. The van der Waals surface area contributed by atoms with Gasteiger partial charge in [-0.05, 0) is 18.2 Å². The van der Waals surface area contributed by atoms with Gasteiger partial charge in [0.2, 0.25) is 12.0 Å². The van der Waals surface area contributed by atoms with E-state index in [1.54, 1.807) is 24.3 Å². The molecular formula is C12H11F3INO2. The first kappa shape index (κ1) is 14.4. The molecule has 0 saturated carbocycles. The number of halogens is 4. The summed E-state index contributed by atoms with van der Waals surface area (Å²) in [5.74, 6) is 0.563. The lowest BCUT2D eigenvalue weighted by atomic mass is 10.2. The van der Waals surface area contributed by atoms with E-state index < -0.39 is 18.3 Å². The molecule has 0 aromatic heterocycles. The lowest BCUT2D eigenvalue weighted by Gasteiger charge is -2.18. The van der Waals surface area contributed by atoms with E-state index in [9.17, 15) is 13.2 Å². The third-order valence-electron chi connectivity index (χ3n) is 2.67. The molecule has 1 aliphatic rings. The van der Waals surface area contributed by atoms with Crippen molar-refractivity contribution >= 4 is 28.5 Å². The van der Waals surface area contributed by atoms with Crippen molar-refractivity contribution in [3.8, 4) is 5.75 Å². The molecule has 3 nitrogen and oxygen atoms in total. The number of hydrogen-bond donors (Lipinski definition) is 0. The van der Waals surface area contributed by atoms with Crippen LogP contribution in [0, 0.1) is 0 Å². The Morgan fingerprint density at radius 2 is 2.16 bits per heavy atom. The van der Waals surface area contributed by atoms with Crippen LogP contribution < -0.4 is 4.74 Å². The lowest BCUT2D eigenvalue weighted by molar-refractivity contribution is -0.196. The fourth-order valence-electron chi connectivity index (χ4n) is 1.75. The zero-order valence-electron chi connectivity index (χ0n) is 9.95. The minimum absolute atomic E-state index is 0.0166. The molecule has 2 atom stereocenters. The number of benzene rings is 1. The zero-order chi connectivity index (χ0) is 14.0. The Morgan fingerprint density at radius 3 is 2.68 bits per heavy atom. The standard InChI is InChI=1S/C12H11F3INO2/c1-18-8-4-2-3-7(5-8)11-17-9(6-16)10(19-11)12(13,14)15/h2-5,9-10H,6H2,1H3. The highest BCUT2D eigenvalue weighted by molar-refractivity contribution is 14.1. The molecule has 1 aromatic rings. The van der Waals surface area contributed by atoms with Crippen LogP contribution in [0.3, 0.4) is 0 Å². The van der Waals surface area contributed by atoms with E-state index in [0.29, 0.717) is 11.3 Å². The molecule has 104 valence electrons. The second-order valence-electron chi connectivity index (χ2n) is 3.97. The summed E-state index contributed by atoms with van der Waals surface area (Å²) in [5.41, 5.74) is 0.487. The average molecular weight is 385 g/mol. The van der Waals surface area contributed by atoms with Crippen molar-refractivity contribution in [2.24, 2.45) is 4.99 Å². The van der Waals surface area contributed by atoms with Gasteiger partial charge in [0.15, 0.2) is 0 Å². The van der Waals surface area contributed by atoms with Crippen molar-refractivity contribution in [3.63, 3.8) is 0 Å². The highest BCUT2D eigenvalue weighted by Crippen LogP contribution is 2.33. The van der Waals surface area contributed by atoms with Gasteiger partial charge in [-0.15, -0.1) is 0 Å². The number of ether oxygens (including phenoxy) is 2. The van der Waals surface area contributed by atoms with Crippen molar-refractivity contribution in [2.75, 3.05) is 11.5 Å².